The Hall–Kier alpha value is -2.68. The number of hydrogen-bond acceptors (Lipinski definition) is 2. The standard InChI is InChI=1S/C20H18N2O/c23-20(14-8-5-9-14)22-21-13-19-17-10-3-1-6-15(17)12-16-7-2-4-11-18(16)19/h1-4,6-7,10-14H,5,8-9H2,(H,22,23)/b21-13+. The molecule has 114 valence electrons. The van der Waals surface area contributed by atoms with Crippen LogP contribution in [0.5, 0.6) is 0 Å². The van der Waals surface area contributed by atoms with Gasteiger partial charge in [-0.25, -0.2) is 5.43 Å². The van der Waals surface area contributed by atoms with Crippen LogP contribution in [0.2, 0.25) is 0 Å². The fourth-order valence-corrected chi connectivity index (χ4v) is 3.11. The predicted molar refractivity (Wildman–Crippen MR) is 94.5 cm³/mol. The monoisotopic (exact) mass is 302 g/mol. The lowest BCUT2D eigenvalue weighted by atomic mass is 9.85. The van der Waals surface area contributed by atoms with Crippen LogP contribution in [-0.4, -0.2) is 12.1 Å². The Morgan fingerprint density at radius 3 is 2.17 bits per heavy atom. The molecule has 1 fully saturated rings. The molecule has 1 saturated carbocycles. The summed E-state index contributed by atoms with van der Waals surface area (Å²) < 4.78 is 0. The van der Waals surface area contributed by atoms with Gasteiger partial charge in [-0.2, -0.15) is 5.10 Å². The van der Waals surface area contributed by atoms with Crippen LogP contribution >= 0.6 is 0 Å². The van der Waals surface area contributed by atoms with E-state index in [1.165, 1.54) is 10.8 Å². The number of nitrogens with zero attached hydrogens (tertiary/aromatic N) is 1. The van der Waals surface area contributed by atoms with Crippen molar-refractivity contribution in [1.29, 1.82) is 0 Å². The van der Waals surface area contributed by atoms with E-state index in [2.05, 4.69) is 40.9 Å². The smallest absolute Gasteiger partial charge is 0.243 e. The topological polar surface area (TPSA) is 41.5 Å². The van der Waals surface area contributed by atoms with Crippen LogP contribution in [0.1, 0.15) is 24.8 Å². The van der Waals surface area contributed by atoms with E-state index in [1.54, 1.807) is 6.21 Å². The van der Waals surface area contributed by atoms with E-state index in [0.717, 1.165) is 35.6 Å². The zero-order valence-corrected chi connectivity index (χ0v) is 12.8. The highest BCUT2D eigenvalue weighted by molar-refractivity contribution is 6.13. The molecule has 0 bridgehead atoms. The molecular formula is C20H18N2O. The second-order valence-corrected chi connectivity index (χ2v) is 6.09. The molecule has 0 saturated heterocycles. The Labute approximate surface area is 135 Å². The van der Waals surface area contributed by atoms with Crippen molar-refractivity contribution in [2.75, 3.05) is 0 Å². The van der Waals surface area contributed by atoms with Gasteiger partial charge in [0.15, 0.2) is 0 Å². The molecule has 0 unspecified atom stereocenters. The molecule has 1 amide bonds. The van der Waals surface area contributed by atoms with Crippen LogP contribution in [0.15, 0.2) is 59.7 Å². The van der Waals surface area contributed by atoms with Crippen LogP contribution < -0.4 is 5.43 Å². The Balaban J connectivity index is 1.75. The fourth-order valence-electron chi connectivity index (χ4n) is 3.11. The van der Waals surface area contributed by atoms with Crippen molar-refractivity contribution in [1.82, 2.24) is 5.43 Å². The number of carbonyl (C=O) groups is 1. The highest BCUT2D eigenvalue weighted by Crippen LogP contribution is 2.28. The third kappa shape index (κ3) is 2.59. The molecule has 3 aromatic carbocycles. The van der Waals surface area contributed by atoms with Crippen molar-refractivity contribution in [3.05, 3.63) is 60.2 Å². The van der Waals surface area contributed by atoms with Crippen LogP contribution in [0.4, 0.5) is 0 Å². The summed E-state index contributed by atoms with van der Waals surface area (Å²) in [7, 11) is 0. The molecule has 0 atom stereocenters. The molecule has 1 aliphatic rings. The Kier molecular flexibility index (Phi) is 3.54. The van der Waals surface area contributed by atoms with Gasteiger partial charge in [-0.15, -0.1) is 0 Å². The number of carbonyl (C=O) groups excluding carboxylic acids is 1. The van der Waals surface area contributed by atoms with Crippen LogP contribution in [0, 0.1) is 5.92 Å². The molecule has 0 aromatic heterocycles. The molecule has 23 heavy (non-hydrogen) atoms. The number of nitrogens with one attached hydrogen (secondary N) is 1. The number of rotatable bonds is 3. The minimum atomic E-state index is 0.0389. The van der Waals surface area contributed by atoms with Gasteiger partial charge in [0.25, 0.3) is 0 Å². The van der Waals surface area contributed by atoms with E-state index in [4.69, 9.17) is 0 Å². The maximum absolute atomic E-state index is 11.9. The van der Waals surface area contributed by atoms with Crippen molar-refractivity contribution >= 4 is 33.7 Å². The summed E-state index contributed by atoms with van der Waals surface area (Å²) in [6.45, 7) is 0. The first-order valence-corrected chi connectivity index (χ1v) is 8.06. The zero-order valence-electron chi connectivity index (χ0n) is 12.8. The molecular weight excluding hydrogens is 284 g/mol. The van der Waals surface area contributed by atoms with E-state index in [0.29, 0.717) is 0 Å². The average Bonchev–Trinajstić information content (AvgIpc) is 2.52. The maximum atomic E-state index is 11.9. The Bertz CT molecular complexity index is 856. The first-order chi connectivity index (χ1) is 11.3. The molecule has 3 heteroatoms. The van der Waals surface area contributed by atoms with Gasteiger partial charge in [-0.1, -0.05) is 55.0 Å². The number of hydrogen-bond donors (Lipinski definition) is 1. The SMILES string of the molecule is O=C(N/N=C/c1c2ccccc2cc2ccccc12)C1CCC1. The van der Waals surface area contributed by atoms with Gasteiger partial charge < -0.3 is 0 Å². The summed E-state index contributed by atoms with van der Waals surface area (Å²) in [4.78, 5) is 11.9. The van der Waals surface area contributed by atoms with Gasteiger partial charge in [-0.05, 0) is 40.5 Å². The van der Waals surface area contributed by atoms with E-state index >= 15 is 0 Å². The third-order valence-electron chi connectivity index (χ3n) is 4.66. The van der Waals surface area contributed by atoms with Crippen molar-refractivity contribution in [3.8, 4) is 0 Å². The minimum Gasteiger partial charge on any atom is -0.273 e. The zero-order chi connectivity index (χ0) is 15.6. The van der Waals surface area contributed by atoms with Crippen LogP contribution in [-0.2, 0) is 4.79 Å². The van der Waals surface area contributed by atoms with Gasteiger partial charge in [0, 0.05) is 11.5 Å². The van der Waals surface area contributed by atoms with Gasteiger partial charge >= 0.3 is 0 Å². The first kappa shape index (κ1) is 13.9. The van der Waals surface area contributed by atoms with Gasteiger partial charge in [0.1, 0.15) is 0 Å². The van der Waals surface area contributed by atoms with Crippen molar-refractivity contribution < 1.29 is 4.79 Å². The summed E-state index contributed by atoms with van der Waals surface area (Å²) in [6, 6.07) is 18.7. The molecule has 1 aliphatic carbocycles. The van der Waals surface area contributed by atoms with Gasteiger partial charge in [0.05, 0.1) is 6.21 Å². The summed E-state index contributed by atoms with van der Waals surface area (Å²) in [5.41, 5.74) is 3.74. The lowest BCUT2D eigenvalue weighted by Gasteiger charge is -2.22. The minimum absolute atomic E-state index is 0.0389. The van der Waals surface area contributed by atoms with E-state index in [-0.39, 0.29) is 11.8 Å². The summed E-state index contributed by atoms with van der Waals surface area (Å²) in [6.07, 6.45) is 4.90. The molecule has 0 aliphatic heterocycles. The molecule has 1 N–H and O–H groups in total. The first-order valence-electron chi connectivity index (χ1n) is 8.06. The fraction of sp³-hybridized carbons (Fsp3) is 0.200. The number of hydrazone groups is 1. The average molecular weight is 302 g/mol. The second kappa shape index (κ2) is 5.84. The molecule has 3 aromatic rings. The molecule has 0 radical (unpaired) electrons. The Morgan fingerprint density at radius 1 is 1.00 bits per heavy atom. The highest BCUT2D eigenvalue weighted by atomic mass is 16.2. The molecule has 0 heterocycles. The van der Waals surface area contributed by atoms with Crippen LogP contribution in [0.25, 0.3) is 21.5 Å². The second-order valence-electron chi connectivity index (χ2n) is 6.09. The summed E-state index contributed by atoms with van der Waals surface area (Å²) >= 11 is 0. The number of benzene rings is 3. The third-order valence-corrected chi connectivity index (χ3v) is 4.66. The van der Waals surface area contributed by atoms with Crippen molar-refractivity contribution in [2.24, 2.45) is 11.0 Å². The summed E-state index contributed by atoms with van der Waals surface area (Å²) in [5, 5.41) is 8.87. The molecule has 0 spiro atoms. The van der Waals surface area contributed by atoms with Gasteiger partial charge in [-0.3, -0.25) is 4.79 Å². The normalized spacial score (nSPS) is 15.1. The Morgan fingerprint density at radius 2 is 1.61 bits per heavy atom. The highest BCUT2D eigenvalue weighted by Gasteiger charge is 2.24. The van der Waals surface area contributed by atoms with Gasteiger partial charge in [0.2, 0.25) is 5.91 Å². The lowest BCUT2D eigenvalue weighted by molar-refractivity contribution is -0.127. The molecule has 4 rings (SSSR count). The van der Waals surface area contributed by atoms with E-state index in [9.17, 15) is 4.79 Å². The van der Waals surface area contributed by atoms with Crippen LogP contribution in [0.3, 0.4) is 0 Å². The van der Waals surface area contributed by atoms with Crippen molar-refractivity contribution in [2.45, 2.75) is 19.3 Å². The predicted octanol–water partition coefficient (Wildman–Crippen LogP) is 4.24. The number of amides is 1. The van der Waals surface area contributed by atoms with E-state index in [1.807, 2.05) is 24.3 Å². The largest absolute Gasteiger partial charge is 0.273 e. The van der Waals surface area contributed by atoms with E-state index < -0.39 is 0 Å². The quantitative estimate of drug-likeness (QED) is 0.439. The maximum Gasteiger partial charge on any atom is 0.243 e. The molecule has 3 nitrogen and oxygen atoms in total. The van der Waals surface area contributed by atoms with Crippen molar-refractivity contribution in [3.63, 3.8) is 0 Å². The summed E-state index contributed by atoms with van der Waals surface area (Å²) in [5.74, 6) is 0.188. The number of fused-ring (bicyclic) bond motifs is 2. The lowest BCUT2D eigenvalue weighted by Crippen LogP contribution is -2.31.